The lowest BCUT2D eigenvalue weighted by molar-refractivity contribution is 0.102. The Balaban J connectivity index is 1.26. The summed E-state index contributed by atoms with van der Waals surface area (Å²) < 4.78 is 1.99. The Morgan fingerprint density at radius 3 is 2.52 bits per heavy atom. The second-order valence-corrected chi connectivity index (χ2v) is 10.7. The van der Waals surface area contributed by atoms with Gasteiger partial charge in [-0.05, 0) is 69.3 Å². The molecule has 1 aliphatic rings. The summed E-state index contributed by atoms with van der Waals surface area (Å²) in [5, 5.41) is 6.44. The van der Waals surface area contributed by atoms with Crippen molar-refractivity contribution in [2.24, 2.45) is 0 Å². The Labute approximate surface area is 245 Å². The number of hydrogen-bond donors (Lipinski definition) is 2. The number of nitrogens with zero attached hydrogens (tertiary/aromatic N) is 6. The number of nitrogens with one attached hydrogen (secondary N) is 2. The summed E-state index contributed by atoms with van der Waals surface area (Å²) in [6.07, 6.45) is 6.61. The third-order valence-electron chi connectivity index (χ3n) is 7.39. The molecule has 2 aromatic heterocycles. The van der Waals surface area contributed by atoms with E-state index in [1.165, 1.54) is 0 Å². The van der Waals surface area contributed by atoms with E-state index in [4.69, 9.17) is 0 Å². The predicted octanol–water partition coefficient (Wildman–Crippen LogP) is 6.04. The summed E-state index contributed by atoms with van der Waals surface area (Å²) >= 11 is 0. The monoisotopic (exact) mass is 558 g/mol. The lowest BCUT2D eigenvalue weighted by atomic mass is 10.1. The van der Waals surface area contributed by atoms with E-state index in [0.717, 1.165) is 71.4 Å². The van der Waals surface area contributed by atoms with Gasteiger partial charge in [-0.15, -0.1) is 0 Å². The van der Waals surface area contributed by atoms with Crippen LogP contribution in [0.15, 0.2) is 91.5 Å². The summed E-state index contributed by atoms with van der Waals surface area (Å²) in [5.41, 5.74) is 7.77. The van der Waals surface area contributed by atoms with E-state index in [0.29, 0.717) is 11.5 Å². The SMILES string of the molecule is Cc1cn(-c2cc(NC(=O)c3ccc(C)c(Nc4nccc(-c5ccccc5)n4)c3)cc(N3CCCN(C)C3)c2)cn1. The lowest BCUT2D eigenvalue weighted by Crippen LogP contribution is -2.42. The summed E-state index contributed by atoms with van der Waals surface area (Å²) in [6, 6.07) is 23.6. The zero-order valence-corrected chi connectivity index (χ0v) is 24.1. The van der Waals surface area contributed by atoms with E-state index in [-0.39, 0.29) is 5.91 Å². The molecule has 1 saturated heterocycles. The first-order valence-corrected chi connectivity index (χ1v) is 14.1. The van der Waals surface area contributed by atoms with Gasteiger partial charge in [0.05, 0.1) is 30.1 Å². The molecule has 2 N–H and O–H groups in total. The molecule has 9 nitrogen and oxygen atoms in total. The Morgan fingerprint density at radius 2 is 1.74 bits per heavy atom. The van der Waals surface area contributed by atoms with E-state index in [9.17, 15) is 4.79 Å². The van der Waals surface area contributed by atoms with Gasteiger partial charge in [0.25, 0.3) is 5.91 Å². The summed E-state index contributed by atoms with van der Waals surface area (Å²) in [7, 11) is 2.13. The molecule has 3 heterocycles. The van der Waals surface area contributed by atoms with Gasteiger partial charge in [-0.1, -0.05) is 36.4 Å². The fraction of sp³-hybridized carbons (Fsp3) is 0.212. The minimum absolute atomic E-state index is 0.197. The number of carbonyl (C=O) groups excluding carboxylic acids is 1. The fourth-order valence-electron chi connectivity index (χ4n) is 5.15. The van der Waals surface area contributed by atoms with E-state index >= 15 is 0 Å². The summed E-state index contributed by atoms with van der Waals surface area (Å²) in [6.45, 7) is 6.83. The van der Waals surface area contributed by atoms with Crippen molar-refractivity contribution in [2.45, 2.75) is 20.3 Å². The number of hydrogen-bond acceptors (Lipinski definition) is 7. The number of carbonyl (C=O) groups is 1. The minimum Gasteiger partial charge on any atom is -0.358 e. The molecule has 0 atom stereocenters. The van der Waals surface area contributed by atoms with Crippen molar-refractivity contribution in [3.63, 3.8) is 0 Å². The normalized spacial score (nSPS) is 13.6. The van der Waals surface area contributed by atoms with Crippen LogP contribution >= 0.6 is 0 Å². The van der Waals surface area contributed by atoms with Gasteiger partial charge in [0.2, 0.25) is 5.95 Å². The van der Waals surface area contributed by atoms with Crippen LogP contribution in [0.3, 0.4) is 0 Å². The van der Waals surface area contributed by atoms with Gasteiger partial charge in [-0.3, -0.25) is 9.69 Å². The van der Waals surface area contributed by atoms with Gasteiger partial charge in [-0.25, -0.2) is 15.0 Å². The molecule has 3 aromatic carbocycles. The van der Waals surface area contributed by atoms with Crippen LogP contribution in [0, 0.1) is 13.8 Å². The maximum atomic E-state index is 13.5. The molecule has 212 valence electrons. The first-order chi connectivity index (χ1) is 20.4. The van der Waals surface area contributed by atoms with Crippen molar-refractivity contribution in [3.8, 4) is 16.9 Å². The number of benzene rings is 3. The van der Waals surface area contributed by atoms with Crippen LogP contribution in [0.25, 0.3) is 16.9 Å². The Morgan fingerprint density at radius 1 is 0.905 bits per heavy atom. The maximum absolute atomic E-state index is 13.5. The van der Waals surface area contributed by atoms with E-state index in [1.807, 2.05) is 91.3 Å². The summed E-state index contributed by atoms with van der Waals surface area (Å²) in [5.74, 6) is 0.272. The molecule has 42 heavy (non-hydrogen) atoms. The summed E-state index contributed by atoms with van der Waals surface area (Å²) in [4.78, 5) is 31.7. The molecule has 1 aliphatic heterocycles. The highest BCUT2D eigenvalue weighted by molar-refractivity contribution is 6.05. The van der Waals surface area contributed by atoms with Gasteiger partial charge >= 0.3 is 0 Å². The molecule has 0 spiro atoms. The number of imidazole rings is 1. The molecule has 5 aromatic rings. The van der Waals surface area contributed by atoms with Gasteiger partial charge < -0.3 is 20.1 Å². The fourth-order valence-corrected chi connectivity index (χ4v) is 5.15. The average Bonchev–Trinajstić information content (AvgIpc) is 3.45. The molecule has 0 saturated carbocycles. The maximum Gasteiger partial charge on any atom is 0.255 e. The largest absolute Gasteiger partial charge is 0.358 e. The van der Waals surface area contributed by atoms with Gasteiger partial charge in [0.1, 0.15) is 0 Å². The molecule has 1 fully saturated rings. The second-order valence-electron chi connectivity index (χ2n) is 10.7. The first kappa shape index (κ1) is 27.2. The third-order valence-corrected chi connectivity index (χ3v) is 7.39. The second kappa shape index (κ2) is 11.8. The average molecular weight is 559 g/mol. The highest BCUT2D eigenvalue weighted by Gasteiger charge is 2.18. The van der Waals surface area contributed by atoms with Crippen LogP contribution in [-0.4, -0.2) is 57.1 Å². The molecule has 0 aliphatic carbocycles. The first-order valence-electron chi connectivity index (χ1n) is 14.1. The van der Waals surface area contributed by atoms with Crippen molar-refractivity contribution in [3.05, 3.63) is 108 Å². The van der Waals surface area contributed by atoms with Crippen LogP contribution in [0.5, 0.6) is 0 Å². The molecule has 0 bridgehead atoms. The van der Waals surface area contributed by atoms with E-state index < -0.39 is 0 Å². The van der Waals surface area contributed by atoms with Crippen molar-refractivity contribution in [1.29, 1.82) is 0 Å². The number of anilines is 4. The Kier molecular flexibility index (Phi) is 7.66. The molecule has 0 unspecified atom stereocenters. The zero-order valence-electron chi connectivity index (χ0n) is 24.1. The Bertz CT molecular complexity index is 1710. The third kappa shape index (κ3) is 6.16. The van der Waals surface area contributed by atoms with Crippen LogP contribution < -0.4 is 15.5 Å². The molecular weight excluding hydrogens is 524 g/mol. The lowest BCUT2D eigenvalue weighted by Gasteiger charge is -2.35. The quantitative estimate of drug-likeness (QED) is 0.252. The topological polar surface area (TPSA) is 91.2 Å². The van der Waals surface area contributed by atoms with Crippen LogP contribution in [0.2, 0.25) is 0 Å². The predicted molar refractivity (Wildman–Crippen MR) is 168 cm³/mol. The van der Waals surface area contributed by atoms with Crippen molar-refractivity contribution in [1.82, 2.24) is 24.4 Å². The van der Waals surface area contributed by atoms with Gasteiger partial charge in [0.15, 0.2) is 0 Å². The standard InChI is InChI=1S/C33H34N8O/c1-23-10-11-26(16-31(23)38-33-34-13-12-30(37-33)25-8-5-4-6-9-25)32(42)36-27-17-28(40-15-7-14-39(3)22-40)19-29(18-27)41-20-24(2)35-21-41/h4-6,8-13,16-21H,7,14-15,22H2,1-3H3,(H,36,42)(H,34,37,38). The highest BCUT2D eigenvalue weighted by Crippen LogP contribution is 2.28. The molecular formula is C33H34N8O. The molecule has 9 heteroatoms. The number of aromatic nitrogens is 4. The van der Waals surface area contributed by atoms with Crippen molar-refractivity contribution in [2.75, 3.05) is 42.3 Å². The van der Waals surface area contributed by atoms with Crippen molar-refractivity contribution < 1.29 is 4.79 Å². The minimum atomic E-state index is -0.197. The Hall–Kier alpha value is -5.02. The molecule has 1 amide bonds. The molecule has 0 radical (unpaired) electrons. The highest BCUT2D eigenvalue weighted by atomic mass is 16.1. The van der Waals surface area contributed by atoms with E-state index in [1.54, 1.807) is 12.5 Å². The van der Waals surface area contributed by atoms with Gasteiger partial charge in [0, 0.05) is 53.7 Å². The zero-order chi connectivity index (χ0) is 29.1. The number of aryl methyl sites for hydroxylation is 2. The van der Waals surface area contributed by atoms with Crippen LogP contribution in [0.4, 0.5) is 23.0 Å². The number of amides is 1. The van der Waals surface area contributed by atoms with E-state index in [2.05, 4.69) is 48.5 Å². The number of rotatable bonds is 7. The molecule has 6 rings (SSSR count). The smallest absolute Gasteiger partial charge is 0.255 e. The van der Waals surface area contributed by atoms with Crippen molar-refractivity contribution >= 4 is 28.9 Å². The van der Waals surface area contributed by atoms with Crippen LogP contribution in [-0.2, 0) is 0 Å². The van der Waals surface area contributed by atoms with Crippen LogP contribution in [0.1, 0.15) is 28.0 Å². The van der Waals surface area contributed by atoms with Gasteiger partial charge in [-0.2, -0.15) is 0 Å².